The third kappa shape index (κ3) is 4.83. The smallest absolute Gasteiger partial charge is 0.213 e. The summed E-state index contributed by atoms with van der Waals surface area (Å²) in [6.45, 7) is 10.4. The van der Waals surface area contributed by atoms with Crippen LogP contribution in [0.3, 0.4) is 0 Å². The van der Waals surface area contributed by atoms with Crippen LogP contribution in [0.25, 0.3) is 0 Å². The number of nitrogens with zero attached hydrogens (tertiary/aromatic N) is 2. The molecule has 0 aliphatic rings. The van der Waals surface area contributed by atoms with Gasteiger partial charge >= 0.3 is 0 Å². The Morgan fingerprint density at radius 3 is 2.44 bits per heavy atom. The first kappa shape index (κ1) is 15.3. The van der Waals surface area contributed by atoms with Gasteiger partial charge in [0.2, 0.25) is 5.88 Å². The Morgan fingerprint density at radius 2 is 1.89 bits per heavy atom. The van der Waals surface area contributed by atoms with E-state index in [0.29, 0.717) is 30.5 Å². The number of hydrogen-bond acceptors (Lipinski definition) is 3. The molecule has 0 fully saturated rings. The normalized spacial score (nSPS) is 11.6. The molecule has 0 N–H and O–H groups in total. The average molecular weight is 271 g/mol. The number of hydrogen-bond donors (Lipinski definition) is 0. The summed E-state index contributed by atoms with van der Waals surface area (Å²) in [4.78, 5) is 6.70. The van der Waals surface area contributed by atoms with E-state index in [2.05, 4.69) is 37.6 Å². The Balaban J connectivity index is 2.44. The van der Waals surface area contributed by atoms with Crippen molar-refractivity contribution in [3.8, 4) is 5.88 Å². The molecule has 102 valence electrons. The Bertz CT molecular complexity index is 347. The summed E-state index contributed by atoms with van der Waals surface area (Å²) in [6, 6.07) is 6.73. The van der Waals surface area contributed by atoms with Gasteiger partial charge < -0.3 is 4.74 Å². The maximum atomic E-state index is 5.74. The maximum Gasteiger partial charge on any atom is 0.213 e. The van der Waals surface area contributed by atoms with Crippen LogP contribution in [-0.4, -0.2) is 35.1 Å². The van der Waals surface area contributed by atoms with E-state index in [1.807, 2.05) is 18.2 Å². The van der Waals surface area contributed by atoms with Crippen molar-refractivity contribution in [1.29, 1.82) is 0 Å². The third-order valence-electron chi connectivity index (χ3n) is 2.84. The lowest BCUT2D eigenvalue weighted by Gasteiger charge is -2.30. The minimum Gasteiger partial charge on any atom is -0.476 e. The van der Waals surface area contributed by atoms with E-state index in [1.54, 1.807) is 0 Å². The first-order valence-electron chi connectivity index (χ1n) is 6.45. The molecule has 4 heteroatoms. The molecule has 0 radical (unpaired) electrons. The molecule has 0 unspecified atom stereocenters. The van der Waals surface area contributed by atoms with E-state index >= 15 is 0 Å². The van der Waals surface area contributed by atoms with Crippen LogP contribution >= 0.6 is 11.6 Å². The fraction of sp³-hybridized carbons (Fsp3) is 0.643. The number of ether oxygens (including phenoxy) is 1. The average Bonchev–Trinajstić information content (AvgIpc) is 2.34. The molecular formula is C14H23ClN2O. The van der Waals surface area contributed by atoms with Crippen LogP contribution in [0, 0.1) is 0 Å². The van der Waals surface area contributed by atoms with Crippen molar-refractivity contribution in [1.82, 2.24) is 9.88 Å². The molecular weight excluding hydrogens is 248 g/mol. The minimum absolute atomic E-state index is 0.418. The Labute approximate surface area is 115 Å². The second-order valence-corrected chi connectivity index (χ2v) is 5.14. The molecule has 1 aromatic heterocycles. The number of aromatic nitrogens is 1. The van der Waals surface area contributed by atoms with Crippen LogP contribution in [0.1, 0.15) is 33.4 Å². The monoisotopic (exact) mass is 270 g/mol. The van der Waals surface area contributed by atoms with Crippen LogP contribution in [0.5, 0.6) is 5.88 Å². The van der Waals surface area contributed by atoms with Gasteiger partial charge in [-0.1, -0.05) is 6.07 Å². The van der Waals surface area contributed by atoms with E-state index in [-0.39, 0.29) is 0 Å². The van der Waals surface area contributed by atoms with Gasteiger partial charge in [0.05, 0.1) is 11.6 Å². The summed E-state index contributed by atoms with van der Waals surface area (Å²) in [5.41, 5.74) is 0.846. The SMILES string of the molecule is CC(C)N(CCOc1cccc(CCl)n1)C(C)C. The van der Waals surface area contributed by atoms with Crippen molar-refractivity contribution in [2.24, 2.45) is 0 Å². The molecule has 0 spiro atoms. The zero-order valence-corrected chi connectivity index (χ0v) is 12.4. The van der Waals surface area contributed by atoms with Gasteiger partial charge in [-0.3, -0.25) is 4.90 Å². The lowest BCUT2D eigenvalue weighted by atomic mass is 10.2. The number of pyridine rings is 1. The van der Waals surface area contributed by atoms with Crippen molar-refractivity contribution in [3.63, 3.8) is 0 Å². The quantitative estimate of drug-likeness (QED) is 0.711. The molecule has 1 aromatic rings. The summed E-state index contributed by atoms with van der Waals surface area (Å²) in [5, 5.41) is 0. The first-order chi connectivity index (χ1) is 8.54. The zero-order chi connectivity index (χ0) is 13.5. The highest BCUT2D eigenvalue weighted by Crippen LogP contribution is 2.10. The largest absolute Gasteiger partial charge is 0.476 e. The van der Waals surface area contributed by atoms with Crippen molar-refractivity contribution in [2.45, 2.75) is 45.7 Å². The fourth-order valence-corrected chi connectivity index (χ4v) is 2.13. The molecule has 0 saturated heterocycles. The summed E-state index contributed by atoms with van der Waals surface area (Å²) < 4.78 is 5.67. The highest BCUT2D eigenvalue weighted by atomic mass is 35.5. The molecule has 18 heavy (non-hydrogen) atoms. The van der Waals surface area contributed by atoms with E-state index in [4.69, 9.17) is 16.3 Å². The van der Waals surface area contributed by atoms with Gasteiger partial charge in [-0.15, -0.1) is 11.6 Å². The molecule has 0 aromatic carbocycles. The highest BCUT2D eigenvalue weighted by molar-refractivity contribution is 6.16. The van der Waals surface area contributed by atoms with E-state index in [1.165, 1.54) is 0 Å². The second kappa shape index (κ2) is 7.59. The van der Waals surface area contributed by atoms with E-state index in [0.717, 1.165) is 12.2 Å². The Hall–Kier alpha value is -0.800. The molecule has 0 aliphatic carbocycles. The van der Waals surface area contributed by atoms with Gasteiger partial charge in [0.15, 0.2) is 0 Å². The summed E-state index contributed by atoms with van der Waals surface area (Å²) in [7, 11) is 0. The predicted octanol–water partition coefficient (Wildman–Crippen LogP) is 3.32. The van der Waals surface area contributed by atoms with Gasteiger partial charge in [0.1, 0.15) is 6.61 Å². The van der Waals surface area contributed by atoms with Crippen LogP contribution in [0.2, 0.25) is 0 Å². The van der Waals surface area contributed by atoms with Crippen LogP contribution in [0.15, 0.2) is 18.2 Å². The molecule has 0 atom stereocenters. The molecule has 3 nitrogen and oxygen atoms in total. The fourth-order valence-electron chi connectivity index (χ4n) is 1.98. The second-order valence-electron chi connectivity index (χ2n) is 4.87. The Morgan fingerprint density at radius 1 is 1.22 bits per heavy atom. The topological polar surface area (TPSA) is 25.4 Å². The number of alkyl halides is 1. The summed E-state index contributed by atoms with van der Waals surface area (Å²) in [5.74, 6) is 1.07. The van der Waals surface area contributed by atoms with Gasteiger partial charge in [-0.05, 0) is 33.8 Å². The molecule has 0 bridgehead atoms. The summed E-state index contributed by atoms with van der Waals surface area (Å²) >= 11 is 5.74. The standard InChI is InChI=1S/C14H23ClN2O/c1-11(2)17(12(3)4)8-9-18-14-7-5-6-13(10-15)16-14/h5-7,11-12H,8-10H2,1-4H3. The number of halogens is 1. The van der Waals surface area contributed by atoms with Gasteiger partial charge in [-0.25, -0.2) is 4.98 Å². The molecule has 1 heterocycles. The van der Waals surface area contributed by atoms with Crippen LogP contribution in [0.4, 0.5) is 0 Å². The van der Waals surface area contributed by atoms with Crippen LogP contribution in [-0.2, 0) is 5.88 Å². The van der Waals surface area contributed by atoms with E-state index in [9.17, 15) is 0 Å². The van der Waals surface area contributed by atoms with Crippen molar-refractivity contribution in [2.75, 3.05) is 13.2 Å². The minimum atomic E-state index is 0.418. The molecule has 0 amide bonds. The first-order valence-corrected chi connectivity index (χ1v) is 6.98. The third-order valence-corrected chi connectivity index (χ3v) is 3.12. The molecule has 0 aliphatic heterocycles. The van der Waals surface area contributed by atoms with Gasteiger partial charge in [0, 0.05) is 24.7 Å². The van der Waals surface area contributed by atoms with Gasteiger partial charge in [-0.2, -0.15) is 0 Å². The Kier molecular flexibility index (Phi) is 6.44. The highest BCUT2D eigenvalue weighted by Gasteiger charge is 2.12. The predicted molar refractivity (Wildman–Crippen MR) is 76.3 cm³/mol. The van der Waals surface area contributed by atoms with Crippen LogP contribution < -0.4 is 4.74 Å². The lowest BCUT2D eigenvalue weighted by molar-refractivity contribution is 0.140. The maximum absolute atomic E-state index is 5.74. The molecule has 0 saturated carbocycles. The molecule has 1 rings (SSSR count). The lowest BCUT2D eigenvalue weighted by Crippen LogP contribution is -2.39. The van der Waals surface area contributed by atoms with Crippen molar-refractivity contribution < 1.29 is 4.74 Å². The van der Waals surface area contributed by atoms with Crippen molar-refractivity contribution >= 4 is 11.6 Å². The zero-order valence-electron chi connectivity index (χ0n) is 11.7. The van der Waals surface area contributed by atoms with Crippen molar-refractivity contribution in [3.05, 3.63) is 23.9 Å². The summed E-state index contributed by atoms with van der Waals surface area (Å²) in [6.07, 6.45) is 0. The number of rotatable bonds is 7. The van der Waals surface area contributed by atoms with E-state index < -0.39 is 0 Å². The van der Waals surface area contributed by atoms with Gasteiger partial charge in [0.25, 0.3) is 0 Å².